The number of hydrogen-bond donors (Lipinski definition) is 1. The lowest BCUT2D eigenvalue weighted by atomic mass is 9.92. The van der Waals surface area contributed by atoms with E-state index in [2.05, 4.69) is 20.9 Å². The first-order chi connectivity index (χ1) is 8.71. The zero-order chi connectivity index (χ0) is 14.3. The summed E-state index contributed by atoms with van der Waals surface area (Å²) < 4.78 is 38.5. The summed E-state index contributed by atoms with van der Waals surface area (Å²) in [6, 6.07) is 7.17. The summed E-state index contributed by atoms with van der Waals surface area (Å²) in [6.45, 7) is 1.67. The van der Waals surface area contributed by atoms with E-state index in [0.29, 0.717) is 16.2 Å². The average Bonchev–Trinajstić information content (AvgIpc) is 2.78. The molecule has 0 aliphatic carbocycles. The minimum atomic E-state index is -4.43. The van der Waals surface area contributed by atoms with Gasteiger partial charge in [0.05, 0.1) is 5.54 Å². The van der Waals surface area contributed by atoms with Crippen LogP contribution >= 0.6 is 27.3 Å². The van der Waals surface area contributed by atoms with Crippen LogP contribution in [0.25, 0.3) is 0 Å². The molecule has 0 radical (unpaired) electrons. The van der Waals surface area contributed by atoms with Crippen molar-refractivity contribution in [1.82, 2.24) is 4.98 Å². The lowest BCUT2D eigenvalue weighted by molar-refractivity contribution is -0.137. The number of halogens is 4. The second-order valence-electron chi connectivity index (χ2n) is 4.24. The Hall–Kier alpha value is -0.920. The Morgan fingerprint density at radius 1 is 1.32 bits per heavy atom. The predicted molar refractivity (Wildman–Crippen MR) is 71.9 cm³/mol. The molecule has 2 nitrogen and oxygen atoms in total. The Balaban J connectivity index is 2.42. The molecule has 2 N–H and O–H groups in total. The van der Waals surface area contributed by atoms with Crippen molar-refractivity contribution in [3.8, 4) is 0 Å². The van der Waals surface area contributed by atoms with Crippen LogP contribution < -0.4 is 5.73 Å². The molecule has 1 unspecified atom stereocenters. The first kappa shape index (κ1) is 14.5. The summed E-state index contributed by atoms with van der Waals surface area (Å²) in [5, 5.41) is -0.880. The van der Waals surface area contributed by atoms with Crippen LogP contribution in [-0.4, -0.2) is 4.98 Å². The van der Waals surface area contributed by atoms with Gasteiger partial charge in [0.25, 0.3) is 0 Å². The molecule has 0 aliphatic rings. The summed E-state index contributed by atoms with van der Waals surface area (Å²) in [5.74, 6) is 0. The van der Waals surface area contributed by atoms with Crippen LogP contribution in [0, 0.1) is 0 Å². The first-order valence-corrected chi connectivity index (χ1v) is 6.90. The molecule has 0 saturated carbocycles. The molecular formula is C12H10BrF3N2S. The maximum absolute atomic E-state index is 12.6. The summed E-state index contributed by atoms with van der Waals surface area (Å²) in [5.41, 5.74) is 5.88. The molecule has 1 aromatic heterocycles. The molecule has 0 aliphatic heterocycles. The van der Waals surface area contributed by atoms with Crippen LogP contribution in [0.1, 0.15) is 22.4 Å². The van der Waals surface area contributed by atoms with Crippen molar-refractivity contribution in [1.29, 1.82) is 0 Å². The summed E-state index contributed by atoms with van der Waals surface area (Å²) in [4.78, 5) is 3.78. The van der Waals surface area contributed by atoms with Crippen molar-refractivity contribution < 1.29 is 13.2 Å². The first-order valence-electron chi connectivity index (χ1n) is 5.29. The van der Waals surface area contributed by atoms with E-state index >= 15 is 0 Å². The third kappa shape index (κ3) is 2.98. The number of alkyl halides is 3. The van der Waals surface area contributed by atoms with E-state index in [-0.39, 0.29) is 0 Å². The topological polar surface area (TPSA) is 38.9 Å². The standard InChI is InChI=1S/C12H10BrF3N2S/c1-11(17,7-3-2-4-8(13)5-7)9-6-18-10(19-9)12(14,15)16/h2-6H,17H2,1H3. The second-order valence-corrected chi connectivity index (χ2v) is 6.19. The van der Waals surface area contributed by atoms with Gasteiger partial charge >= 0.3 is 6.18 Å². The van der Waals surface area contributed by atoms with E-state index in [1.165, 1.54) is 6.20 Å². The Morgan fingerprint density at radius 2 is 2.00 bits per heavy atom. The number of nitrogens with two attached hydrogens (primary N) is 1. The normalized spacial score (nSPS) is 15.3. The van der Waals surface area contributed by atoms with Crippen molar-refractivity contribution in [3.05, 3.63) is 50.4 Å². The van der Waals surface area contributed by atoms with Gasteiger partial charge in [-0.2, -0.15) is 13.2 Å². The second kappa shape index (κ2) is 4.88. The number of nitrogens with zero attached hydrogens (tertiary/aromatic N) is 1. The van der Waals surface area contributed by atoms with Gasteiger partial charge < -0.3 is 5.73 Å². The molecule has 2 rings (SSSR count). The maximum atomic E-state index is 12.6. The van der Waals surface area contributed by atoms with Gasteiger partial charge in [0.2, 0.25) is 0 Å². The molecule has 19 heavy (non-hydrogen) atoms. The minimum Gasteiger partial charge on any atom is -0.317 e. The number of thiazole rings is 1. The molecular weight excluding hydrogens is 341 g/mol. The highest BCUT2D eigenvalue weighted by Crippen LogP contribution is 2.37. The van der Waals surface area contributed by atoms with E-state index in [4.69, 9.17) is 5.73 Å². The van der Waals surface area contributed by atoms with Crippen LogP contribution in [0.2, 0.25) is 0 Å². The van der Waals surface area contributed by atoms with Crippen LogP contribution in [0.5, 0.6) is 0 Å². The SMILES string of the molecule is CC(N)(c1cccc(Br)c1)c1cnc(C(F)(F)F)s1. The van der Waals surface area contributed by atoms with E-state index in [1.807, 2.05) is 6.07 Å². The zero-order valence-corrected chi connectivity index (χ0v) is 12.2. The van der Waals surface area contributed by atoms with E-state index in [0.717, 1.165) is 10.0 Å². The molecule has 0 saturated heterocycles. The molecule has 102 valence electrons. The third-order valence-electron chi connectivity index (χ3n) is 2.68. The molecule has 2 aromatic rings. The van der Waals surface area contributed by atoms with E-state index in [9.17, 15) is 13.2 Å². The van der Waals surface area contributed by atoms with Crippen molar-refractivity contribution in [2.45, 2.75) is 18.6 Å². The number of hydrogen-bond acceptors (Lipinski definition) is 3. The number of aromatic nitrogens is 1. The quantitative estimate of drug-likeness (QED) is 0.883. The third-order valence-corrected chi connectivity index (χ3v) is 4.46. The Labute approximate surface area is 120 Å². The van der Waals surface area contributed by atoms with Gasteiger partial charge in [-0.15, -0.1) is 11.3 Å². The molecule has 1 atom stereocenters. The molecule has 0 spiro atoms. The van der Waals surface area contributed by atoms with E-state index in [1.54, 1.807) is 25.1 Å². The van der Waals surface area contributed by atoms with Crippen LogP contribution in [-0.2, 0) is 11.7 Å². The molecule has 0 bridgehead atoms. The zero-order valence-electron chi connectivity index (χ0n) is 9.83. The van der Waals surface area contributed by atoms with Crippen molar-refractivity contribution in [2.75, 3.05) is 0 Å². The Morgan fingerprint density at radius 3 is 2.53 bits per heavy atom. The largest absolute Gasteiger partial charge is 0.443 e. The van der Waals surface area contributed by atoms with Crippen molar-refractivity contribution >= 4 is 27.3 Å². The molecule has 0 amide bonds. The number of rotatable bonds is 2. The summed E-state index contributed by atoms with van der Waals surface area (Å²) in [7, 11) is 0. The molecule has 0 fully saturated rings. The molecule has 1 heterocycles. The summed E-state index contributed by atoms with van der Waals surface area (Å²) >= 11 is 3.89. The molecule has 1 aromatic carbocycles. The van der Waals surface area contributed by atoms with Gasteiger partial charge in [-0.25, -0.2) is 4.98 Å². The van der Waals surface area contributed by atoms with Crippen molar-refractivity contribution in [3.63, 3.8) is 0 Å². The fourth-order valence-electron chi connectivity index (χ4n) is 1.60. The fraction of sp³-hybridized carbons (Fsp3) is 0.250. The van der Waals surface area contributed by atoms with Gasteiger partial charge in [0, 0.05) is 15.5 Å². The van der Waals surface area contributed by atoms with Gasteiger partial charge in [0.15, 0.2) is 5.01 Å². The van der Waals surface area contributed by atoms with Gasteiger partial charge in [-0.3, -0.25) is 0 Å². The van der Waals surface area contributed by atoms with Crippen molar-refractivity contribution in [2.24, 2.45) is 5.73 Å². The summed E-state index contributed by atoms with van der Waals surface area (Å²) in [6.07, 6.45) is -3.25. The lowest BCUT2D eigenvalue weighted by Gasteiger charge is -2.23. The highest BCUT2D eigenvalue weighted by molar-refractivity contribution is 9.10. The Bertz CT molecular complexity index is 593. The fourth-order valence-corrected chi connectivity index (χ4v) is 2.86. The van der Waals surface area contributed by atoms with Gasteiger partial charge in [-0.05, 0) is 24.6 Å². The van der Waals surface area contributed by atoms with Crippen LogP contribution in [0.4, 0.5) is 13.2 Å². The average molecular weight is 351 g/mol. The number of benzene rings is 1. The highest BCUT2D eigenvalue weighted by atomic mass is 79.9. The monoisotopic (exact) mass is 350 g/mol. The molecule has 7 heteroatoms. The van der Waals surface area contributed by atoms with Crippen LogP contribution in [0.15, 0.2) is 34.9 Å². The highest BCUT2D eigenvalue weighted by Gasteiger charge is 2.37. The van der Waals surface area contributed by atoms with E-state index < -0.39 is 16.7 Å². The smallest absolute Gasteiger partial charge is 0.317 e. The minimum absolute atomic E-state index is 0.373. The van der Waals surface area contributed by atoms with Gasteiger partial charge in [-0.1, -0.05) is 28.1 Å². The maximum Gasteiger partial charge on any atom is 0.443 e. The Kier molecular flexibility index (Phi) is 3.72. The van der Waals surface area contributed by atoms with Crippen LogP contribution in [0.3, 0.4) is 0 Å². The van der Waals surface area contributed by atoms with Gasteiger partial charge in [0.1, 0.15) is 0 Å². The predicted octanol–water partition coefficient (Wildman–Crippen LogP) is 4.15. The lowest BCUT2D eigenvalue weighted by Crippen LogP contribution is -2.33.